The molecule has 3 heterocycles. The number of halogens is 1. The van der Waals surface area contributed by atoms with Gasteiger partial charge in [-0.1, -0.05) is 28.1 Å². The second-order valence-corrected chi connectivity index (χ2v) is 7.40. The topological polar surface area (TPSA) is 86.5 Å². The molecule has 0 aliphatic rings. The van der Waals surface area contributed by atoms with Crippen LogP contribution < -0.4 is 10.6 Å². The summed E-state index contributed by atoms with van der Waals surface area (Å²) in [7, 11) is 0. The van der Waals surface area contributed by atoms with Crippen molar-refractivity contribution < 1.29 is 0 Å². The van der Waals surface area contributed by atoms with Gasteiger partial charge in [-0.05, 0) is 42.3 Å². The van der Waals surface area contributed by atoms with E-state index in [2.05, 4.69) is 47.6 Å². The SMILES string of the molecule is Cc1ccc(Nc2c(C#N)cnc3cnc(NCc4cccnc4)cc23)cc1Br. The third-order valence-electron chi connectivity index (χ3n) is 4.51. The van der Waals surface area contributed by atoms with Crippen LogP contribution in [0.1, 0.15) is 16.7 Å². The molecule has 0 aliphatic carbocycles. The molecule has 0 radical (unpaired) electrons. The van der Waals surface area contributed by atoms with Crippen LogP contribution in [0.15, 0.2) is 65.7 Å². The molecule has 0 saturated heterocycles. The van der Waals surface area contributed by atoms with Gasteiger partial charge in [0.1, 0.15) is 11.9 Å². The van der Waals surface area contributed by atoms with Gasteiger partial charge in [-0.15, -0.1) is 0 Å². The Labute approximate surface area is 176 Å². The number of anilines is 3. The lowest BCUT2D eigenvalue weighted by molar-refractivity contribution is 1.09. The lowest BCUT2D eigenvalue weighted by atomic mass is 10.1. The number of nitrogens with one attached hydrogen (secondary N) is 2. The molecule has 2 N–H and O–H groups in total. The van der Waals surface area contributed by atoms with Crippen molar-refractivity contribution in [3.8, 4) is 6.07 Å². The van der Waals surface area contributed by atoms with Crippen molar-refractivity contribution in [2.75, 3.05) is 10.6 Å². The summed E-state index contributed by atoms with van der Waals surface area (Å²) >= 11 is 3.56. The molecule has 29 heavy (non-hydrogen) atoms. The highest BCUT2D eigenvalue weighted by Crippen LogP contribution is 2.31. The zero-order valence-electron chi connectivity index (χ0n) is 15.6. The number of hydrogen-bond acceptors (Lipinski definition) is 6. The number of rotatable bonds is 5. The minimum Gasteiger partial charge on any atom is -0.366 e. The molecule has 0 atom stereocenters. The molecule has 0 aliphatic heterocycles. The van der Waals surface area contributed by atoms with Crippen LogP contribution in [0.2, 0.25) is 0 Å². The molecule has 142 valence electrons. The fourth-order valence-electron chi connectivity index (χ4n) is 2.92. The highest BCUT2D eigenvalue weighted by molar-refractivity contribution is 9.10. The lowest BCUT2D eigenvalue weighted by Crippen LogP contribution is -2.03. The number of benzene rings is 1. The number of aryl methyl sites for hydroxylation is 1. The lowest BCUT2D eigenvalue weighted by Gasteiger charge is -2.13. The number of hydrogen-bond donors (Lipinski definition) is 2. The quantitative estimate of drug-likeness (QED) is 0.432. The maximum atomic E-state index is 9.60. The third-order valence-corrected chi connectivity index (χ3v) is 5.37. The third kappa shape index (κ3) is 4.18. The van der Waals surface area contributed by atoms with Gasteiger partial charge in [0, 0.05) is 40.7 Å². The highest BCUT2D eigenvalue weighted by atomic mass is 79.9. The van der Waals surface area contributed by atoms with Crippen LogP contribution >= 0.6 is 15.9 Å². The van der Waals surface area contributed by atoms with E-state index in [1.807, 2.05) is 49.5 Å². The summed E-state index contributed by atoms with van der Waals surface area (Å²) in [6.45, 7) is 2.63. The first-order valence-corrected chi connectivity index (χ1v) is 9.78. The van der Waals surface area contributed by atoms with E-state index in [9.17, 15) is 5.26 Å². The Morgan fingerprint density at radius 3 is 2.76 bits per heavy atom. The predicted octanol–water partition coefficient (Wildman–Crippen LogP) is 5.32. The van der Waals surface area contributed by atoms with Gasteiger partial charge in [0.05, 0.1) is 23.0 Å². The molecule has 7 heteroatoms. The highest BCUT2D eigenvalue weighted by Gasteiger charge is 2.11. The zero-order valence-corrected chi connectivity index (χ0v) is 17.2. The van der Waals surface area contributed by atoms with E-state index < -0.39 is 0 Å². The van der Waals surface area contributed by atoms with Gasteiger partial charge in [0.25, 0.3) is 0 Å². The minimum atomic E-state index is 0.471. The Bertz CT molecular complexity index is 1220. The molecule has 0 bridgehead atoms. The second kappa shape index (κ2) is 8.25. The molecule has 0 amide bonds. The second-order valence-electron chi connectivity index (χ2n) is 6.55. The number of aromatic nitrogens is 3. The number of nitriles is 1. The van der Waals surface area contributed by atoms with Crippen molar-refractivity contribution in [3.05, 3.63) is 82.3 Å². The van der Waals surface area contributed by atoms with Crippen molar-refractivity contribution in [2.24, 2.45) is 0 Å². The smallest absolute Gasteiger partial charge is 0.126 e. The molecule has 3 aromatic heterocycles. The molecular weight excluding hydrogens is 428 g/mol. The van der Waals surface area contributed by atoms with Crippen LogP contribution in [0, 0.1) is 18.3 Å². The largest absolute Gasteiger partial charge is 0.366 e. The van der Waals surface area contributed by atoms with Crippen molar-refractivity contribution in [1.82, 2.24) is 15.0 Å². The monoisotopic (exact) mass is 444 g/mol. The first-order chi connectivity index (χ1) is 14.1. The summed E-state index contributed by atoms with van der Waals surface area (Å²) in [5.74, 6) is 0.700. The number of pyridine rings is 3. The van der Waals surface area contributed by atoms with E-state index in [1.54, 1.807) is 18.6 Å². The van der Waals surface area contributed by atoms with E-state index in [1.165, 1.54) is 0 Å². The molecule has 1 aromatic carbocycles. The first-order valence-electron chi connectivity index (χ1n) is 8.99. The molecule has 4 rings (SSSR count). The molecule has 0 spiro atoms. The van der Waals surface area contributed by atoms with Crippen molar-refractivity contribution in [2.45, 2.75) is 13.5 Å². The molecular formula is C22H17BrN6. The molecule has 6 nitrogen and oxygen atoms in total. The van der Waals surface area contributed by atoms with E-state index >= 15 is 0 Å². The Morgan fingerprint density at radius 1 is 1.10 bits per heavy atom. The van der Waals surface area contributed by atoms with E-state index in [4.69, 9.17) is 0 Å². The standard InChI is InChI=1S/C22H17BrN6/c1-14-4-5-17(7-19(14)23)29-22-16(9-24)12-26-20-13-28-21(8-18(20)22)27-11-15-3-2-6-25-10-15/h2-8,10,12-13H,11H2,1H3,(H,26,29)(H,27,28). The van der Waals surface area contributed by atoms with Crippen LogP contribution in [0.25, 0.3) is 10.9 Å². The fraction of sp³-hybridized carbons (Fsp3) is 0.0909. The Balaban J connectivity index is 1.71. The summed E-state index contributed by atoms with van der Waals surface area (Å²) in [6, 6.07) is 14.0. The summed E-state index contributed by atoms with van der Waals surface area (Å²) in [4.78, 5) is 12.9. The van der Waals surface area contributed by atoms with Gasteiger partial charge in [-0.2, -0.15) is 5.26 Å². The summed E-state index contributed by atoms with van der Waals surface area (Å²) in [5, 5.41) is 17.1. The summed E-state index contributed by atoms with van der Waals surface area (Å²) in [6.07, 6.45) is 6.83. The van der Waals surface area contributed by atoms with E-state index in [0.29, 0.717) is 29.1 Å². The zero-order chi connectivity index (χ0) is 20.2. The summed E-state index contributed by atoms with van der Waals surface area (Å²) in [5.41, 5.74) is 4.97. The van der Waals surface area contributed by atoms with Crippen molar-refractivity contribution >= 4 is 44.0 Å². The average Bonchev–Trinajstić information content (AvgIpc) is 2.76. The van der Waals surface area contributed by atoms with Gasteiger partial charge < -0.3 is 10.6 Å². The normalized spacial score (nSPS) is 10.5. The van der Waals surface area contributed by atoms with Crippen LogP contribution in [-0.2, 0) is 6.54 Å². The van der Waals surface area contributed by atoms with Gasteiger partial charge >= 0.3 is 0 Å². The number of fused-ring (bicyclic) bond motifs is 1. The minimum absolute atomic E-state index is 0.471. The average molecular weight is 445 g/mol. The first kappa shape index (κ1) is 18.8. The van der Waals surface area contributed by atoms with Crippen LogP contribution in [-0.4, -0.2) is 15.0 Å². The predicted molar refractivity (Wildman–Crippen MR) is 118 cm³/mol. The Kier molecular flexibility index (Phi) is 5.36. The van der Waals surface area contributed by atoms with E-state index in [0.717, 1.165) is 26.7 Å². The van der Waals surface area contributed by atoms with E-state index in [-0.39, 0.29) is 0 Å². The van der Waals surface area contributed by atoms with Gasteiger partial charge in [-0.3, -0.25) is 9.97 Å². The molecule has 0 fully saturated rings. The molecule has 0 unspecified atom stereocenters. The van der Waals surface area contributed by atoms with Gasteiger partial charge in [-0.25, -0.2) is 4.98 Å². The van der Waals surface area contributed by atoms with Crippen molar-refractivity contribution in [1.29, 1.82) is 5.26 Å². The number of nitrogens with zero attached hydrogens (tertiary/aromatic N) is 4. The van der Waals surface area contributed by atoms with Crippen molar-refractivity contribution in [3.63, 3.8) is 0 Å². The Morgan fingerprint density at radius 2 is 2.00 bits per heavy atom. The maximum Gasteiger partial charge on any atom is 0.126 e. The molecule has 0 saturated carbocycles. The van der Waals surface area contributed by atoms with Crippen LogP contribution in [0.3, 0.4) is 0 Å². The van der Waals surface area contributed by atoms with Gasteiger partial charge in [0.15, 0.2) is 0 Å². The van der Waals surface area contributed by atoms with Gasteiger partial charge in [0.2, 0.25) is 0 Å². The maximum absolute atomic E-state index is 9.60. The molecule has 4 aromatic rings. The summed E-state index contributed by atoms with van der Waals surface area (Å²) < 4.78 is 1.000. The fourth-order valence-corrected chi connectivity index (χ4v) is 3.30. The van der Waals surface area contributed by atoms with Crippen LogP contribution in [0.4, 0.5) is 17.2 Å². The Hall–Kier alpha value is -3.50. The van der Waals surface area contributed by atoms with Crippen LogP contribution in [0.5, 0.6) is 0 Å².